The van der Waals surface area contributed by atoms with E-state index in [1.54, 1.807) is 12.1 Å². The van der Waals surface area contributed by atoms with Gasteiger partial charge < -0.3 is 10.5 Å². The lowest BCUT2D eigenvalue weighted by atomic mass is 10.2. The normalized spacial score (nSPS) is 12.4. The van der Waals surface area contributed by atoms with Gasteiger partial charge in [-0.25, -0.2) is 4.39 Å². The molecule has 1 unspecified atom stereocenters. The first kappa shape index (κ1) is 14.0. The van der Waals surface area contributed by atoms with Crippen molar-refractivity contribution in [1.82, 2.24) is 0 Å². The Bertz CT molecular complexity index is 547. The number of hydrogen-bond acceptors (Lipinski definition) is 3. The molecule has 0 aliphatic carbocycles. The average molecular weight is 395 g/mol. The van der Waals surface area contributed by atoms with Crippen LogP contribution in [0, 0.1) is 5.82 Å². The van der Waals surface area contributed by atoms with Gasteiger partial charge in [-0.15, -0.1) is 11.3 Å². The van der Waals surface area contributed by atoms with E-state index in [1.165, 1.54) is 17.4 Å². The van der Waals surface area contributed by atoms with E-state index in [0.717, 1.165) is 8.66 Å². The summed E-state index contributed by atoms with van der Waals surface area (Å²) >= 11 is 8.11. The SMILES string of the molecule is NCC(Oc1ccc(Br)cc1F)c1ccc(Br)s1. The third kappa shape index (κ3) is 3.32. The Morgan fingerprint density at radius 3 is 2.61 bits per heavy atom. The van der Waals surface area contributed by atoms with Gasteiger partial charge in [-0.3, -0.25) is 0 Å². The van der Waals surface area contributed by atoms with Crippen LogP contribution >= 0.6 is 43.2 Å². The topological polar surface area (TPSA) is 35.2 Å². The maximum atomic E-state index is 13.7. The molecular weight excluding hydrogens is 385 g/mol. The third-order valence-corrected chi connectivity index (χ3v) is 4.50. The van der Waals surface area contributed by atoms with E-state index in [1.807, 2.05) is 12.1 Å². The van der Waals surface area contributed by atoms with E-state index in [2.05, 4.69) is 31.9 Å². The number of nitrogens with two attached hydrogens (primary N) is 1. The molecule has 2 rings (SSSR count). The molecule has 0 radical (unpaired) electrons. The minimum atomic E-state index is -0.404. The van der Waals surface area contributed by atoms with Crippen LogP contribution in [-0.2, 0) is 0 Å². The highest BCUT2D eigenvalue weighted by molar-refractivity contribution is 9.11. The zero-order valence-electron chi connectivity index (χ0n) is 9.20. The zero-order valence-corrected chi connectivity index (χ0v) is 13.2. The molecule has 0 spiro atoms. The van der Waals surface area contributed by atoms with E-state index >= 15 is 0 Å². The van der Waals surface area contributed by atoms with Gasteiger partial charge in [-0.2, -0.15) is 0 Å². The van der Waals surface area contributed by atoms with Gasteiger partial charge in [0.2, 0.25) is 0 Å². The van der Waals surface area contributed by atoms with Crippen LogP contribution in [0.25, 0.3) is 0 Å². The molecule has 1 aromatic heterocycles. The molecule has 0 bridgehead atoms. The second kappa shape index (κ2) is 6.14. The molecule has 1 heterocycles. The molecule has 0 aliphatic rings. The molecule has 0 fully saturated rings. The van der Waals surface area contributed by atoms with Gasteiger partial charge in [0.05, 0.1) is 3.79 Å². The van der Waals surface area contributed by atoms with Gasteiger partial charge in [0.25, 0.3) is 0 Å². The van der Waals surface area contributed by atoms with Crippen molar-refractivity contribution in [2.45, 2.75) is 6.10 Å². The second-order valence-electron chi connectivity index (χ2n) is 3.56. The van der Waals surface area contributed by atoms with Crippen molar-refractivity contribution < 1.29 is 9.13 Å². The van der Waals surface area contributed by atoms with Crippen LogP contribution in [0.4, 0.5) is 4.39 Å². The second-order valence-corrected chi connectivity index (χ2v) is 6.97. The van der Waals surface area contributed by atoms with Crippen LogP contribution in [-0.4, -0.2) is 6.54 Å². The predicted octanol–water partition coefficient (Wildman–Crippen LogP) is 4.49. The Labute approximate surface area is 125 Å². The zero-order chi connectivity index (χ0) is 13.1. The molecule has 0 aliphatic heterocycles. The van der Waals surface area contributed by atoms with Gasteiger partial charge in [0.15, 0.2) is 11.6 Å². The lowest BCUT2D eigenvalue weighted by Gasteiger charge is -2.16. The van der Waals surface area contributed by atoms with E-state index in [4.69, 9.17) is 10.5 Å². The summed E-state index contributed by atoms with van der Waals surface area (Å²) in [5.41, 5.74) is 5.68. The summed E-state index contributed by atoms with van der Waals surface area (Å²) in [6.45, 7) is 0.294. The maximum absolute atomic E-state index is 13.7. The average Bonchev–Trinajstić information content (AvgIpc) is 2.75. The van der Waals surface area contributed by atoms with Gasteiger partial charge in [-0.05, 0) is 46.3 Å². The van der Waals surface area contributed by atoms with Crippen molar-refractivity contribution in [1.29, 1.82) is 0 Å². The lowest BCUT2D eigenvalue weighted by Crippen LogP contribution is -2.17. The summed E-state index contributed by atoms with van der Waals surface area (Å²) in [4.78, 5) is 0.965. The summed E-state index contributed by atoms with van der Waals surface area (Å²) in [6.07, 6.45) is -0.336. The molecule has 0 saturated carbocycles. The van der Waals surface area contributed by atoms with Crippen molar-refractivity contribution in [3.05, 3.63) is 49.3 Å². The summed E-state index contributed by atoms with van der Waals surface area (Å²) < 4.78 is 21.0. The van der Waals surface area contributed by atoms with Crippen molar-refractivity contribution in [3.8, 4) is 5.75 Å². The number of rotatable bonds is 4. The van der Waals surface area contributed by atoms with Crippen LogP contribution in [0.15, 0.2) is 38.6 Å². The number of halogens is 3. The minimum Gasteiger partial charge on any atom is -0.480 e. The van der Waals surface area contributed by atoms with Gasteiger partial charge in [0.1, 0.15) is 6.10 Å². The molecule has 18 heavy (non-hydrogen) atoms. The van der Waals surface area contributed by atoms with Gasteiger partial charge in [-0.1, -0.05) is 15.9 Å². The Kier molecular flexibility index (Phi) is 4.77. The lowest BCUT2D eigenvalue weighted by molar-refractivity contribution is 0.208. The van der Waals surface area contributed by atoms with Gasteiger partial charge >= 0.3 is 0 Å². The fraction of sp³-hybridized carbons (Fsp3) is 0.167. The number of hydrogen-bond donors (Lipinski definition) is 1. The van der Waals surface area contributed by atoms with Crippen LogP contribution in [0.5, 0.6) is 5.75 Å². The monoisotopic (exact) mass is 393 g/mol. The molecule has 2 aromatic rings. The molecule has 96 valence electrons. The number of ether oxygens (including phenoxy) is 1. The molecule has 1 atom stereocenters. The van der Waals surface area contributed by atoms with Crippen LogP contribution in [0.1, 0.15) is 11.0 Å². The maximum Gasteiger partial charge on any atom is 0.166 e. The summed E-state index contributed by atoms with van der Waals surface area (Å²) in [7, 11) is 0. The standard InChI is InChI=1S/C12H10Br2FNOS/c13-7-1-2-9(8(15)5-7)17-10(6-16)11-3-4-12(14)18-11/h1-5,10H,6,16H2. The van der Waals surface area contributed by atoms with E-state index < -0.39 is 5.82 Å². The first-order chi connectivity index (χ1) is 8.60. The van der Waals surface area contributed by atoms with Crippen molar-refractivity contribution in [3.63, 3.8) is 0 Å². The Balaban J connectivity index is 2.20. The molecular formula is C12H10Br2FNOS. The van der Waals surface area contributed by atoms with Crippen LogP contribution in [0.3, 0.4) is 0 Å². The molecule has 6 heteroatoms. The Hall–Kier alpha value is -0.430. The Morgan fingerprint density at radius 2 is 2.06 bits per heavy atom. The summed E-state index contributed by atoms with van der Waals surface area (Å²) in [5, 5.41) is 0. The first-order valence-corrected chi connectivity index (χ1v) is 7.57. The van der Waals surface area contributed by atoms with Crippen LogP contribution < -0.4 is 10.5 Å². The van der Waals surface area contributed by atoms with Crippen LogP contribution in [0.2, 0.25) is 0 Å². The highest BCUT2D eigenvalue weighted by Gasteiger charge is 2.16. The van der Waals surface area contributed by atoms with Crippen molar-refractivity contribution in [2.75, 3.05) is 6.54 Å². The molecule has 2 nitrogen and oxygen atoms in total. The molecule has 2 N–H and O–H groups in total. The number of benzene rings is 1. The fourth-order valence-corrected chi connectivity index (χ4v) is 3.25. The first-order valence-electron chi connectivity index (χ1n) is 5.17. The Morgan fingerprint density at radius 1 is 1.28 bits per heavy atom. The number of thiophene rings is 1. The fourth-order valence-electron chi connectivity index (χ4n) is 1.45. The van der Waals surface area contributed by atoms with E-state index in [9.17, 15) is 4.39 Å². The quantitative estimate of drug-likeness (QED) is 0.828. The summed E-state index contributed by atoms with van der Waals surface area (Å²) in [6, 6.07) is 8.53. The largest absolute Gasteiger partial charge is 0.480 e. The van der Waals surface area contributed by atoms with E-state index in [-0.39, 0.29) is 11.9 Å². The van der Waals surface area contributed by atoms with Crippen molar-refractivity contribution in [2.24, 2.45) is 5.73 Å². The van der Waals surface area contributed by atoms with Crippen molar-refractivity contribution >= 4 is 43.2 Å². The highest BCUT2D eigenvalue weighted by Crippen LogP contribution is 2.31. The van der Waals surface area contributed by atoms with Gasteiger partial charge in [0, 0.05) is 15.9 Å². The molecule has 0 amide bonds. The summed E-state index contributed by atoms with van der Waals surface area (Å²) in [5.74, 6) is -0.198. The molecule has 0 saturated heterocycles. The molecule has 1 aromatic carbocycles. The predicted molar refractivity (Wildman–Crippen MR) is 78.5 cm³/mol. The van der Waals surface area contributed by atoms with E-state index in [0.29, 0.717) is 11.0 Å². The minimum absolute atomic E-state index is 0.207. The highest BCUT2D eigenvalue weighted by atomic mass is 79.9. The smallest absolute Gasteiger partial charge is 0.166 e. The third-order valence-electron chi connectivity index (χ3n) is 2.29.